The zero-order valence-electron chi connectivity index (χ0n) is 75.4. The van der Waals surface area contributed by atoms with E-state index in [1.54, 1.807) is 18.2 Å². The van der Waals surface area contributed by atoms with Crippen LogP contribution in [0.5, 0.6) is 11.5 Å². The average Bonchev–Trinajstić information content (AvgIpc) is 1.55. The Morgan fingerprint density at radius 2 is 0.832 bits per heavy atom. The molecule has 7 aliphatic rings. The van der Waals surface area contributed by atoms with Crippen LogP contribution in [0.2, 0.25) is 0 Å². The van der Waals surface area contributed by atoms with Gasteiger partial charge in [-0.1, -0.05) is 12.8 Å². The fraction of sp³-hybridized carbons (Fsp3) is 0.739. The zero-order chi connectivity index (χ0) is 93.4. The van der Waals surface area contributed by atoms with Crippen molar-refractivity contribution in [1.82, 2.24) is 41.5 Å². The van der Waals surface area contributed by atoms with Gasteiger partial charge >= 0.3 is 12.1 Å². The van der Waals surface area contributed by atoms with Crippen LogP contribution < -0.4 is 61.8 Å². The number of ketones is 4. The Morgan fingerprint density at radius 1 is 0.435 bits per heavy atom. The van der Waals surface area contributed by atoms with E-state index in [2.05, 4.69) is 42.5 Å². The predicted molar refractivity (Wildman–Crippen MR) is 496 cm³/mol. The maximum atomic E-state index is 14.4. The van der Waals surface area contributed by atoms with Gasteiger partial charge in [0.05, 0.1) is 114 Å². The molecule has 2 aromatic carbocycles. The largest absolute Gasteiger partial charge is 0.490 e. The number of carbonyl (C=O) groups excluding carboxylic acids is 8. The lowest BCUT2D eigenvalue weighted by molar-refractivity contribution is -0.423. The first-order valence-corrected chi connectivity index (χ1v) is 53.8. The van der Waals surface area contributed by atoms with Gasteiger partial charge in [-0.15, -0.1) is 0 Å². The third kappa shape index (κ3) is 38.8. The number of aromatic nitrogens is 3. The molecule has 0 aliphatic carbocycles. The molecule has 38 nitrogen and oxygen atoms in total. The minimum atomic E-state index is -4.36. The van der Waals surface area contributed by atoms with Crippen LogP contribution >= 0.6 is 23.5 Å². The Bertz CT molecular complexity index is 4330. The lowest BCUT2D eigenvalue weighted by Gasteiger charge is -2.35. The van der Waals surface area contributed by atoms with Crippen molar-refractivity contribution in [3.63, 3.8) is 0 Å². The van der Waals surface area contributed by atoms with E-state index in [1.165, 1.54) is 12.1 Å². The number of benzene rings is 2. The highest BCUT2D eigenvalue weighted by Gasteiger charge is 2.44. The minimum absolute atomic E-state index is 0.0148. The highest BCUT2D eigenvalue weighted by Crippen LogP contribution is 2.38. The Labute approximate surface area is 778 Å². The molecular formula is C88H138N13O25S5+. The molecule has 6 unspecified atom stereocenters. The summed E-state index contributed by atoms with van der Waals surface area (Å²) in [6.07, 6.45) is 17.0. The second-order valence-corrected chi connectivity index (χ2v) is 42.1. The van der Waals surface area contributed by atoms with E-state index in [1.807, 2.05) is 33.3 Å². The summed E-state index contributed by atoms with van der Waals surface area (Å²) < 4.78 is 144. The van der Waals surface area contributed by atoms with Gasteiger partial charge < -0.3 is 90.2 Å². The molecule has 7 aliphatic heterocycles. The van der Waals surface area contributed by atoms with Crippen molar-refractivity contribution < 1.29 is 121 Å². The van der Waals surface area contributed by atoms with Crippen LogP contribution in [0.1, 0.15) is 229 Å². The summed E-state index contributed by atoms with van der Waals surface area (Å²) in [4.78, 5) is 127. The number of quaternary nitrogens is 1. The summed E-state index contributed by atoms with van der Waals surface area (Å²) in [7, 11) is -13.0. The van der Waals surface area contributed by atoms with E-state index < -0.39 is 59.4 Å². The first-order chi connectivity index (χ1) is 63.0. The molecule has 1 aromatic heterocycles. The van der Waals surface area contributed by atoms with Gasteiger partial charge in [-0.25, -0.2) is 9.59 Å². The number of urea groups is 2. The van der Waals surface area contributed by atoms with Crippen molar-refractivity contribution in [2.45, 2.75) is 246 Å². The van der Waals surface area contributed by atoms with Crippen molar-refractivity contribution in [2.75, 3.05) is 181 Å². The summed E-state index contributed by atoms with van der Waals surface area (Å²) in [6, 6.07) is 8.32. The van der Waals surface area contributed by atoms with Crippen molar-refractivity contribution in [3.05, 3.63) is 52.6 Å². The molecule has 7 fully saturated rings. The SMILES string of the molecule is [NH3+]C1CCN(c2nc(N3CCC(NC(=O)c4cc(CCCCS(=O)(=O)O)c(OCCCS(=O)(=O)O)c(OCCCS(=O)(=O)O)c4)CC3)nc(N3CCC(C(=O)Nc4cc(C(=O)CCCCOCCOCCOCCCCC(=O)CCCCC5SCC6NC(=O)NC65)cc(C(=O)CCCCOCCOCCOCCCCC(=O)CCCCC5SCC6NC(=O)NC65)c4)CC3)n2)CC1. The normalized spacial score (nSPS) is 19.7. The quantitative estimate of drug-likeness (QED) is 0.0112. The molecule has 131 heavy (non-hydrogen) atoms. The summed E-state index contributed by atoms with van der Waals surface area (Å²) in [6.45, 7) is 7.57. The first kappa shape index (κ1) is 106. The summed E-state index contributed by atoms with van der Waals surface area (Å²) in [5.41, 5.74) is 5.70. The number of ether oxygens (including phenoxy) is 8. The Kier molecular flexibility index (Phi) is 45.0. The number of nitrogens with one attached hydrogen (secondary N) is 6. The Balaban J connectivity index is 0.670. The predicted octanol–water partition coefficient (Wildman–Crippen LogP) is 7.60. The van der Waals surface area contributed by atoms with Gasteiger partial charge in [-0.2, -0.15) is 63.7 Å². The van der Waals surface area contributed by atoms with Gasteiger partial charge in [0, 0.05) is 173 Å². The molecule has 6 atom stereocenters. The van der Waals surface area contributed by atoms with Crippen molar-refractivity contribution in [2.24, 2.45) is 5.92 Å². The first-order valence-electron chi connectivity index (χ1n) is 46.9. The highest BCUT2D eigenvalue weighted by atomic mass is 32.2. The van der Waals surface area contributed by atoms with Crippen LogP contribution in [0.15, 0.2) is 30.3 Å². The van der Waals surface area contributed by atoms with Crippen LogP contribution in [0, 0.1) is 5.92 Å². The molecule has 43 heteroatoms. The molecule has 12 N–H and O–H groups in total. The number of unbranched alkanes of at least 4 members (excludes halogenated alkanes) is 7. The molecule has 0 radical (unpaired) electrons. The molecule has 0 bridgehead atoms. The number of hydrogen-bond donors (Lipinski definition) is 10. The number of Topliss-reactive ketones (excluding diaryl/α,β-unsaturated/α-hetero) is 4. The standard InChI is InChI=1S/C88H137N13O25S5/c89-67-28-34-100(35-29-67)85-96-84(97-86(98-85)101-36-30-68(31-37-101)90-83(107)66-55-63(17-9-14-52-129(110,111)112)81(126-43-16-54-131(116,117)118)76(59-66)125-42-15-53-130(113,114)115)99-32-26-62(27-33-99)82(106)91-69-57-64(74(104)22-7-12-40-121-46-50-123-48-44-119-38-10-5-20-70(102)18-1-3-24-77-79-72(60-127-77)92-87(108)94-79)56-65(58-69)75(105)23-8-13-41-122-47-51-124-49-45-120-39-11-6-21-71(103)19-2-4-25-78-80-73(61-128-78)93-88(109)95-80/h55-59,62,67-68,72-73,77-80H,1-54,60-61,89H2,(H,90,107)(H,91,106)(H2,92,94,108)(H2,93,95,109)(H,110,111,112)(H,113,114,115)(H,116,117,118)/p+1. The smallest absolute Gasteiger partial charge is 0.315 e. The molecule has 8 heterocycles. The van der Waals surface area contributed by atoms with E-state index in [4.69, 9.17) is 52.8 Å². The number of anilines is 4. The lowest BCUT2D eigenvalue weighted by Crippen LogP contribution is -2.64. The van der Waals surface area contributed by atoms with Crippen LogP contribution in [-0.4, -0.2) is 308 Å². The number of amides is 6. The van der Waals surface area contributed by atoms with Crippen molar-refractivity contribution >= 4 is 124 Å². The Morgan fingerprint density at radius 3 is 1.27 bits per heavy atom. The second kappa shape index (κ2) is 55.7. The maximum Gasteiger partial charge on any atom is 0.315 e. The second-order valence-electron chi connectivity index (χ2n) is 34.8. The number of nitrogens with zero attached hydrogens (tertiary/aromatic N) is 6. The van der Waals surface area contributed by atoms with E-state index in [0.29, 0.717) is 246 Å². The highest BCUT2D eigenvalue weighted by molar-refractivity contribution is 8.00. The van der Waals surface area contributed by atoms with Gasteiger partial charge in [-0.3, -0.25) is 42.4 Å². The molecular weight excluding hydrogens is 1800 g/mol. The molecule has 7 saturated heterocycles. The number of carbonyl (C=O) groups is 8. The molecule has 734 valence electrons. The van der Waals surface area contributed by atoms with Crippen LogP contribution in [0.3, 0.4) is 0 Å². The molecule has 6 amide bonds. The van der Waals surface area contributed by atoms with E-state index >= 15 is 0 Å². The fourth-order valence-corrected chi connectivity index (χ4v) is 21.6. The van der Waals surface area contributed by atoms with Gasteiger partial charge in [0.2, 0.25) is 23.8 Å². The third-order valence-electron chi connectivity index (χ3n) is 24.3. The van der Waals surface area contributed by atoms with Crippen molar-refractivity contribution in [3.8, 4) is 11.5 Å². The number of hydrogen-bond acceptors (Lipinski definition) is 30. The Hall–Kier alpha value is -7.24. The monoisotopic (exact) mass is 1940 g/mol. The maximum absolute atomic E-state index is 14.4. The summed E-state index contributed by atoms with van der Waals surface area (Å²) in [5.74, 6) is 0.425. The van der Waals surface area contributed by atoms with E-state index in [-0.39, 0.29) is 153 Å². The fourth-order valence-electron chi connectivity index (χ4n) is 17.0. The third-order valence-corrected chi connectivity index (χ3v) is 29.8. The number of thioether (sulfide) groups is 2. The van der Waals surface area contributed by atoms with E-state index in [9.17, 15) is 77.3 Å². The average molecular weight is 1940 g/mol. The summed E-state index contributed by atoms with van der Waals surface area (Å²) in [5, 5.41) is 19.0. The van der Waals surface area contributed by atoms with Gasteiger partial charge in [0.25, 0.3) is 36.3 Å². The van der Waals surface area contributed by atoms with Crippen LogP contribution in [0.4, 0.5) is 33.1 Å². The number of aryl methyl sites for hydroxylation is 1. The van der Waals surface area contributed by atoms with Gasteiger partial charge in [-0.05, 0) is 171 Å². The van der Waals surface area contributed by atoms with Gasteiger partial charge in [0.1, 0.15) is 11.6 Å². The summed E-state index contributed by atoms with van der Waals surface area (Å²) >= 11 is 3.78. The topological polar surface area (TPSA) is 522 Å². The minimum Gasteiger partial charge on any atom is -0.490 e. The lowest BCUT2D eigenvalue weighted by atomic mass is 9.95. The number of fused-ring (bicyclic) bond motifs is 2. The molecule has 10 rings (SSSR count). The molecule has 3 aromatic rings. The number of piperidine rings is 3. The molecule has 0 spiro atoms. The van der Waals surface area contributed by atoms with Gasteiger partial charge in [0.15, 0.2) is 23.1 Å². The zero-order valence-corrected chi connectivity index (χ0v) is 79.5. The van der Waals surface area contributed by atoms with E-state index in [0.717, 1.165) is 88.6 Å². The van der Waals surface area contributed by atoms with Crippen LogP contribution in [-0.2, 0) is 79.6 Å². The van der Waals surface area contributed by atoms with Crippen molar-refractivity contribution in [1.29, 1.82) is 0 Å². The number of rotatable bonds is 66. The molecule has 0 saturated carbocycles. The van der Waals surface area contributed by atoms with Crippen LogP contribution in [0.25, 0.3) is 0 Å².